The minimum absolute atomic E-state index is 0.646. The van der Waals surface area contributed by atoms with Crippen LogP contribution < -0.4 is 5.32 Å². The Labute approximate surface area is 168 Å². The number of morpholine rings is 1. The first-order chi connectivity index (χ1) is 14.4. The van der Waals surface area contributed by atoms with E-state index >= 15 is 0 Å². The van der Waals surface area contributed by atoms with E-state index in [1.54, 1.807) is 16.9 Å². The Morgan fingerprint density at radius 1 is 1.03 bits per heavy atom. The number of hydrogen-bond donors (Lipinski definition) is 1. The molecule has 1 saturated heterocycles. The highest BCUT2D eigenvalue weighted by molar-refractivity contribution is 5.92. The van der Waals surface area contributed by atoms with E-state index in [0.717, 1.165) is 67.9 Å². The lowest BCUT2D eigenvalue weighted by molar-refractivity contribution is 0.0378. The standard InChI is InChI=1S/C21H23N7O/c1-2-7-18-17(6-1)20-25-19(16-5-3-8-22-15-16)26-28(20)21(24-18)23-9-4-10-27-11-13-29-14-12-27/h1-3,5-8,15H,4,9-14H2,(H,23,24). The van der Waals surface area contributed by atoms with Gasteiger partial charge < -0.3 is 10.1 Å². The van der Waals surface area contributed by atoms with Gasteiger partial charge in [0.15, 0.2) is 11.5 Å². The van der Waals surface area contributed by atoms with Crippen LogP contribution in [0.25, 0.3) is 27.9 Å². The Morgan fingerprint density at radius 3 is 2.79 bits per heavy atom. The predicted octanol–water partition coefficient (Wildman–Crippen LogP) is 2.47. The van der Waals surface area contributed by atoms with E-state index in [9.17, 15) is 0 Å². The van der Waals surface area contributed by atoms with Crippen LogP contribution in [0.3, 0.4) is 0 Å². The summed E-state index contributed by atoms with van der Waals surface area (Å²) >= 11 is 0. The molecule has 8 nitrogen and oxygen atoms in total. The highest BCUT2D eigenvalue weighted by atomic mass is 16.5. The number of nitrogens with one attached hydrogen (secondary N) is 1. The third-order valence-corrected chi connectivity index (χ3v) is 5.14. The van der Waals surface area contributed by atoms with Gasteiger partial charge in [0, 0.05) is 43.0 Å². The highest BCUT2D eigenvalue weighted by Gasteiger charge is 2.15. The van der Waals surface area contributed by atoms with E-state index in [-0.39, 0.29) is 0 Å². The Hall–Kier alpha value is -3.10. The van der Waals surface area contributed by atoms with Crippen LogP contribution in [0, 0.1) is 0 Å². The average molecular weight is 389 g/mol. The molecule has 0 bridgehead atoms. The van der Waals surface area contributed by atoms with Crippen LogP contribution in [-0.2, 0) is 4.74 Å². The summed E-state index contributed by atoms with van der Waals surface area (Å²) in [6.45, 7) is 5.55. The maximum Gasteiger partial charge on any atom is 0.226 e. The molecule has 1 aliphatic rings. The molecule has 4 aromatic rings. The van der Waals surface area contributed by atoms with Crippen LogP contribution in [-0.4, -0.2) is 68.9 Å². The van der Waals surface area contributed by atoms with E-state index in [1.807, 2.05) is 36.4 Å². The number of anilines is 1. The maximum absolute atomic E-state index is 5.41. The molecule has 4 heterocycles. The van der Waals surface area contributed by atoms with Crippen molar-refractivity contribution in [3.05, 3.63) is 48.8 Å². The lowest BCUT2D eigenvalue weighted by Crippen LogP contribution is -2.37. The van der Waals surface area contributed by atoms with Crippen molar-refractivity contribution < 1.29 is 4.74 Å². The first-order valence-electron chi connectivity index (χ1n) is 9.98. The molecule has 29 heavy (non-hydrogen) atoms. The molecule has 0 amide bonds. The van der Waals surface area contributed by atoms with Gasteiger partial charge in [-0.25, -0.2) is 9.97 Å². The molecule has 3 aromatic heterocycles. The number of pyridine rings is 1. The van der Waals surface area contributed by atoms with Crippen LogP contribution in [0.2, 0.25) is 0 Å². The van der Waals surface area contributed by atoms with Gasteiger partial charge in [-0.05, 0) is 37.2 Å². The fraction of sp³-hybridized carbons (Fsp3) is 0.333. The molecule has 1 N–H and O–H groups in total. The van der Waals surface area contributed by atoms with Gasteiger partial charge in [-0.15, -0.1) is 5.10 Å². The molecule has 148 valence electrons. The predicted molar refractivity (Wildman–Crippen MR) is 112 cm³/mol. The van der Waals surface area contributed by atoms with Crippen molar-refractivity contribution in [2.75, 3.05) is 44.7 Å². The van der Waals surface area contributed by atoms with Crippen molar-refractivity contribution in [1.29, 1.82) is 0 Å². The lowest BCUT2D eigenvalue weighted by atomic mass is 10.2. The van der Waals surface area contributed by atoms with Crippen LogP contribution in [0.5, 0.6) is 0 Å². The molecule has 0 spiro atoms. The third kappa shape index (κ3) is 3.76. The monoisotopic (exact) mass is 389 g/mol. The Bertz CT molecular complexity index is 1110. The van der Waals surface area contributed by atoms with E-state index in [2.05, 4.69) is 15.2 Å². The fourth-order valence-corrected chi connectivity index (χ4v) is 3.62. The van der Waals surface area contributed by atoms with Gasteiger partial charge in [-0.1, -0.05) is 12.1 Å². The molecule has 0 atom stereocenters. The van der Waals surface area contributed by atoms with Crippen LogP contribution in [0.15, 0.2) is 48.8 Å². The summed E-state index contributed by atoms with van der Waals surface area (Å²) in [5.41, 5.74) is 2.59. The van der Waals surface area contributed by atoms with Crippen LogP contribution in [0.1, 0.15) is 6.42 Å². The van der Waals surface area contributed by atoms with Crippen LogP contribution in [0.4, 0.5) is 5.95 Å². The molecular weight excluding hydrogens is 366 g/mol. The van der Waals surface area contributed by atoms with Crippen molar-refractivity contribution >= 4 is 22.5 Å². The SMILES string of the molecule is c1cncc(-c2nc3c4ccccc4nc(NCCCN4CCOCC4)n3n2)c1. The minimum Gasteiger partial charge on any atom is -0.379 e. The van der Waals surface area contributed by atoms with Crippen molar-refractivity contribution in [1.82, 2.24) is 29.5 Å². The number of benzene rings is 1. The molecule has 0 aliphatic carbocycles. The minimum atomic E-state index is 0.646. The Morgan fingerprint density at radius 2 is 1.93 bits per heavy atom. The zero-order valence-corrected chi connectivity index (χ0v) is 16.2. The van der Waals surface area contributed by atoms with Gasteiger partial charge in [0.2, 0.25) is 5.95 Å². The molecule has 5 rings (SSSR count). The maximum atomic E-state index is 5.41. The Kier molecular flexibility index (Phi) is 5.02. The van der Waals surface area contributed by atoms with Crippen molar-refractivity contribution in [2.45, 2.75) is 6.42 Å². The largest absolute Gasteiger partial charge is 0.379 e. The molecule has 1 fully saturated rings. The van der Waals surface area contributed by atoms with Gasteiger partial charge in [0.1, 0.15) is 0 Å². The van der Waals surface area contributed by atoms with Gasteiger partial charge >= 0.3 is 0 Å². The zero-order chi connectivity index (χ0) is 19.5. The number of nitrogens with zero attached hydrogens (tertiary/aromatic N) is 6. The summed E-state index contributed by atoms with van der Waals surface area (Å²) in [5.74, 6) is 1.36. The second-order valence-electron chi connectivity index (χ2n) is 7.10. The molecule has 0 radical (unpaired) electrons. The molecule has 0 saturated carbocycles. The summed E-state index contributed by atoms with van der Waals surface area (Å²) in [6, 6.07) is 11.9. The fourth-order valence-electron chi connectivity index (χ4n) is 3.62. The summed E-state index contributed by atoms with van der Waals surface area (Å²) < 4.78 is 7.22. The number of para-hydroxylation sites is 1. The molecular formula is C21H23N7O. The van der Waals surface area contributed by atoms with Crippen molar-refractivity contribution in [3.8, 4) is 11.4 Å². The van der Waals surface area contributed by atoms with Gasteiger partial charge in [0.05, 0.1) is 18.7 Å². The molecule has 0 unspecified atom stereocenters. The average Bonchev–Trinajstić information content (AvgIpc) is 3.24. The van der Waals surface area contributed by atoms with E-state index < -0.39 is 0 Å². The molecule has 8 heteroatoms. The lowest BCUT2D eigenvalue weighted by Gasteiger charge is -2.26. The van der Waals surface area contributed by atoms with E-state index in [0.29, 0.717) is 11.8 Å². The van der Waals surface area contributed by atoms with Gasteiger partial charge in [0.25, 0.3) is 0 Å². The van der Waals surface area contributed by atoms with Crippen molar-refractivity contribution in [2.24, 2.45) is 0 Å². The summed E-state index contributed by atoms with van der Waals surface area (Å²) in [6.07, 6.45) is 4.55. The third-order valence-electron chi connectivity index (χ3n) is 5.14. The smallest absolute Gasteiger partial charge is 0.226 e. The Balaban J connectivity index is 1.42. The van der Waals surface area contributed by atoms with E-state index in [1.165, 1.54) is 0 Å². The highest BCUT2D eigenvalue weighted by Crippen LogP contribution is 2.23. The molecule has 1 aliphatic heterocycles. The van der Waals surface area contributed by atoms with Crippen LogP contribution >= 0.6 is 0 Å². The normalized spacial score (nSPS) is 15.2. The number of fused-ring (bicyclic) bond motifs is 3. The topological polar surface area (TPSA) is 80.5 Å². The second kappa shape index (κ2) is 8.10. The number of aromatic nitrogens is 5. The second-order valence-corrected chi connectivity index (χ2v) is 7.10. The molecule has 1 aromatic carbocycles. The van der Waals surface area contributed by atoms with Gasteiger partial charge in [-0.3, -0.25) is 9.88 Å². The quantitative estimate of drug-likeness (QED) is 0.508. The summed E-state index contributed by atoms with van der Waals surface area (Å²) in [4.78, 5) is 16.2. The summed E-state index contributed by atoms with van der Waals surface area (Å²) in [7, 11) is 0. The number of rotatable bonds is 6. The van der Waals surface area contributed by atoms with E-state index in [4.69, 9.17) is 19.8 Å². The van der Waals surface area contributed by atoms with Crippen molar-refractivity contribution in [3.63, 3.8) is 0 Å². The zero-order valence-electron chi connectivity index (χ0n) is 16.2. The first kappa shape index (κ1) is 18.0. The first-order valence-corrected chi connectivity index (χ1v) is 9.98. The number of hydrogen-bond acceptors (Lipinski definition) is 7. The van der Waals surface area contributed by atoms with Gasteiger partial charge in [-0.2, -0.15) is 4.52 Å². The number of ether oxygens (including phenoxy) is 1. The summed E-state index contributed by atoms with van der Waals surface area (Å²) in [5, 5.41) is 9.16.